The Labute approximate surface area is 108 Å². The van der Waals surface area contributed by atoms with E-state index in [0.29, 0.717) is 18.5 Å². The molecule has 1 atom stereocenters. The van der Waals surface area contributed by atoms with Gasteiger partial charge in [-0.25, -0.2) is 8.42 Å². The molecule has 1 heterocycles. The lowest BCUT2D eigenvalue weighted by atomic mass is 9.96. The van der Waals surface area contributed by atoms with Gasteiger partial charge in [0.25, 0.3) is 0 Å². The quantitative estimate of drug-likeness (QED) is 0.766. The van der Waals surface area contributed by atoms with Gasteiger partial charge in [-0.15, -0.1) is 0 Å². The van der Waals surface area contributed by atoms with Crippen LogP contribution in [0.5, 0.6) is 0 Å². The van der Waals surface area contributed by atoms with E-state index in [-0.39, 0.29) is 12.3 Å². The number of rotatable bonds is 3. The molecule has 0 aromatic heterocycles. The summed E-state index contributed by atoms with van der Waals surface area (Å²) in [7, 11) is -1.60. The highest BCUT2D eigenvalue weighted by Crippen LogP contribution is 2.32. The highest BCUT2D eigenvalue weighted by molar-refractivity contribution is 7.93. The summed E-state index contributed by atoms with van der Waals surface area (Å²) in [5.41, 5.74) is 0.471. The molecule has 0 aliphatic carbocycles. The molecule has 0 saturated carbocycles. The monoisotopic (exact) mass is 267 g/mol. The van der Waals surface area contributed by atoms with E-state index in [1.165, 1.54) is 0 Å². The molecule has 0 bridgehead atoms. The second-order valence-electron chi connectivity index (χ2n) is 4.95. The highest BCUT2D eigenvalue weighted by atomic mass is 32.2. The highest BCUT2D eigenvalue weighted by Gasteiger charge is 2.51. The van der Waals surface area contributed by atoms with Gasteiger partial charge in [0.2, 0.25) is 0 Å². The van der Waals surface area contributed by atoms with E-state index in [1.807, 2.05) is 18.0 Å². The Kier molecular flexibility index (Phi) is 3.29. The maximum atomic E-state index is 12.6. The van der Waals surface area contributed by atoms with Crippen molar-refractivity contribution in [2.24, 2.45) is 0 Å². The van der Waals surface area contributed by atoms with Gasteiger partial charge in [0.1, 0.15) is 4.75 Å². The van der Waals surface area contributed by atoms with Crippen molar-refractivity contribution in [2.75, 3.05) is 26.4 Å². The first-order valence-electron chi connectivity index (χ1n) is 5.85. The summed E-state index contributed by atoms with van der Waals surface area (Å²) in [5, 5.41) is 0. The Bertz CT molecular complexity index is 553. The predicted molar refractivity (Wildman–Crippen MR) is 70.5 cm³/mol. The van der Waals surface area contributed by atoms with Crippen LogP contribution < -0.4 is 0 Å². The molecule has 1 aliphatic rings. The fourth-order valence-corrected chi connectivity index (χ4v) is 3.85. The van der Waals surface area contributed by atoms with E-state index in [1.54, 1.807) is 24.3 Å². The van der Waals surface area contributed by atoms with E-state index in [9.17, 15) is 13.2 Å². The number of hydrogen-bond donors (Lipinski definition) is 0. The van der Waals surface area contributed by atoms with Gasteiger partial charge in [-0.2, -0.15) is 0 Å². The average molecular weight is 267 g/mol. The number of hydrogen-bond acceptors (Lipinski definition) is 4. The molecule has 1 unspecified atom stereocenters. The van der Waals surface area contributed by atoms with Crippen LogP contribution in [0.25, 0.3) is 0 Å². The van der Waals surface area contributed by atoms with Crippen molar-refractivity contribution in [3.05, 3.63) is 35.9 Å². The molecule has 1 saturated heterocycles. The third-order valence-corrected chi connectivity index (χ3v) is 5.52. The lowest BCUT2D eigenvalue weighted by molar-refractivity contribution is 0.0941. The Morgan fingerprint density at radius 2 is 1.89 bits per heavy atom. The van der Waals surface area contributed by atoms with Gasteiger partial charge in [0, 0.05) is 18.4 Å². The van der Waals surface area contributed by atoms with Crippen LogP contribution in [-0.2, 0) is 9.84 Å². The number of carbonyl (C=O) groups excluding carboxylic acids is 1. The summed E-state index contributed by atoms with van der Waals surface area (Å²) in [4.78, 5) is 14.4. The van der Waals surface area contributed by atoms with Crippen molar-refractivity contribution in [1.29, 1.82) is 0 Å². The van der Waals surface area contributed by atoms with Gasteiger partial charge in [-0.05, 0) is 20.0 Å². The van der Waals surface area contributed by atoms with Crippen LogP contribution in [0.2, 0.25) is 0 Å². The van der Waals surface area contributed by atoms with E-state index >= 15 is 0 Å². The molecule has 1 aromatic carbocycles. The number of likely N-dealkylation sites (tertiary alicyclic amines) is 1. The Balaban J connectivity index is 2.47. The minimum absolute atomic E-state index is 0.277. The molecule has 0 N–H and O–H groups in total. The fourth-order valence-electron chi connectivity index (χ4n) is 2.47. The number of ketones is 1. The zero-order valence-corrected chi connectivity index (χ0v) is 11.4. The first kappa shape index (κ1) is 13.2. The number of carbonyl (C=O) groups is 1. The van der Waals surface area contributed by atoms with E-state index in [2.05, 4.69) is 0 Å². The number of Topliss-reactive ketones (excluding diaryl/α,β-unsaturated/α-hetero) is 1. The van der Waals surface area contributed by atoms with Crippen LogP contribution in [0, 0.1) is 0 Å². The standard InChI is InChI=1S/C13H17NO3S/c1-14-9-8-13(10-14,18(2,16)17)12(15)11-6-4-3-5-7-11/h3-7H,8-10H2,1-2H3. The van der Waals surface area contributed by atoms with E-state index in [0.717, 1.165) is 6.26 Å². The summed E-state index contributed by atoms with van der Waals surface area (Å²) in [5.74, 6) is -0.282. The van der Waals surface area contributed by atoms with Crippen LogP contribution in [0.3, 0.4) is 0 Å². The lowest BCUT2D eigenvalue weighted by Crippen LogP contribution is -2.48. The van der Waals surface area contributed by atoms with E-state index in [4.69, 9.17) is 0 Å². The van der Waals surface area contributed by atoms with E-state index < -0.39 is 14.6 Å². The Morgan fingerprint density at radius 3 is 2.33 bits per heavy atom. The Morgan fingerprint density at radius 1 is 1.28 bits per heavy atom. The molecule has 4 nitrogen and oxygen atoms in total. The second kappa shape index (κ2) is 4.48. The number of benzene rings is 1. The minimum atomic E-state index is -3.44. The smallest absolute Gasteiger partial charge is 0.185 e. The van der Waals surface area contributed by atoms with Crippen molar-refractivity contribution in [3.8, 4) is 0 Å². The van der Waals surface area contributed by atoms with Crippen molar-refractivity contribution in [2.45, 2.75) is 11.2 Å². The molecule has 0 amide bonds. The molecule has 1 fully saturated rings. The third kappa shape index (κ3) is 2.08. The second-order valence-corrected chi connectivity index (χ2v) is 7.28. The summed E-state index contributed by atoms with van der Waals surface area (Å²) in [6.07, 6.45) is 1.53. The maximum Gasteiger partial charge on any atom is 0.185 e. The van der Waals surface area contributed by atoms with Crippen molar-refractivity contribution >= 4 is 15.6 Å². The van der Waals surface area contributed by atoms with Crippen LogP contribution in [-0.4, -0.2) is 50.2 Å². The van der Waals surface area contributed by atoms with Crippen molar-refractivity contribution < 1.29 is 13.2 Å². The predicted octanol–water partition coefficient (Wildman–Crippen LogP) is 0.988. The molecule has 1 aromatic rings. The summed E-state index contributed by atoms with van der Waals surface area (Å²) >= 11 is 0. The molecule has 18 heavy (non-hydrogen) atoms. The summed E-state index contributed by atoms with van der Waals surface area (Å²) in [6, 6.07) is 8.66. The van der Waals surface area contributed by atoms with Crippen LogP contribution in [0.15, 0.2) is 30.3 Å². The van der Waals surface area contributed by atoms with Crippen LogP contribution in [0.1, 0.15) is 16.8 Å². The zero-order valence-electron chi connectivity index (χ0n) is 10.6. The zero-order chi connectivity index (χ0) is 13.4. The minimum Gasteiger partial charge on any atom is -0.304 e. The molecule has 0 radical (unpaired) electrons. The number of nitrogens with zero attached hydrogens (tertiary/aromatic N) is 1. The average Bonchev–Trinajstić information content (AvgIpc) is 2.72. The fraction of sp³-hybridized carbons (Fsp3) is 0.462. The normalized spacial score (nSPS) is 25.2. The number of sulfone groups is 1. The summed E-state index contributed by atoms with van der Waals surface area (Å²) in [6.45, 7) is 0.908. The Hall–Kier alpha value is -1.20. The first-order valence-corrected chi connectivity index (χ1v) is 7.74. The molecule has 0 spiro atoms. The largest absolute Gasteiger partial charge is 0.304 e. The topological polar surface area (TPSA) is 54.5 Å². The van der Waals surface area contributed by atoms with Gasteiger partial charge in [-0.3, -0.25) is 4.79 Å². The molecule has 5 heteroatoms. The lowest BCUT2D eigenvalue weighted by Gasteiger charge is -2.25. The van der Waals surface area contributed by atoms with Crippen LogP contribution in [0.4, 0.5) is 0 Å². The van der Waals surface area contributed by atoms with Gasteiger partial charge < -0.3 is 4.90 Å². The maximum absolute atomic E-state index is 12.6. The van der Waals surface area contributed by atoms with Gasteiger partial charge in [-0.1, -0.05) is 30.3 Å². The van der Waals surface area contributed by atoms with Crippen molar-refractivity contribution in [1.82, 2.24) is 4.90 Å². The van der Waals surface area contributed by atoms with Crippen LogP contribution >= 0.6 is 0 Å². The van der Waals surface area contributed by atoms with Gasteiger partial charge in [0.05, 0.1) is 0 Å². The van der Waals surface area contributed by atoms with Gasteiger partial charge in [0.15, 0.2) is 15.6 Å². The first-order chi connectivity index (χ1) is 8.37. The molecule has 98 valence electrons. The van der Waals surface area contributed by atoms with Gasteiger partial charge >= 0.3 is 0 Å². The molecule has 1 aliphatic heterocycles. The SMILES string of the molecule is CN1CCC(C(=O)c2ccccc2)(S(C)(=O)=O)C1. The third-order valence-electron chi connectivity index (χ3n) is 3.58. The molecule has 2 rings (SSSR count). The molecular weight excluding hydrogens is 250 g/mol. The summed E-state index contributed by atoms with van der Waals surface area (Å²) < 4.78 is 22.9. The van der Waals surface area contributed by atoms with Crippen molar-refractivity contribution in [3.63, 3.8) is 0 Å². The molecular formula is C13H17NO3S.